The number of aromatic nitrogens is 2. The molecule has 0 aliphatic rings. The lowest BCUT2D eigenvalue weighted by atomic mass is 10.1. The number of hydrogen-bond donors (Lipinski definition) is 2. The van der Waals surface area contributed by atoms with E-state index in [1.807, 2.05) is 0 Å². The number of rotatable bonds is 3. The topological polar surface area (TPSA) is 106 Å². The zero-order valence-corrected chi connectivity index (χ0v) is 10.7. The summed E-state index contributed by atoms with van der Waals surface area (Å²) in [5.41, 5.74) is 9.03. The highest BCUT2D eigenvalue weighted by atomic mass is 35.5. The second-order valence-corrected chi connectivity index (χ2v) is 4.08. The maximum Gasteiger partial charge on any atom is 0.297 e. The molecule has 0 unspecified atom stereocenters. The minimum atomic E-state index is -0.591. The van der Waals surface area contributed by atoms with Crippen LogP contribution in [0.2, 0.25) is 5.02 Å². The quantitative estimate of drug-likeness (QED) is 0.653. The molecule has 3 N–H and O–H groups in total. The summed E-state index contributed by atoms with van der Waals surface area (Å²) >= 11 is 5.78. The van der Waals surface area contributed by atoms with Gasteiger partial charge in [-0.3, -0.25) is 4.79 Å². The third kappa shape index (κ3) is 3.08. The first-order valence-electron chi connectivity index (χ1n) is 5.26. The largest absolute Gasteiger partial charge is 0.379 e. The first kappa shape index (κ1) is 13.0. The van der Waals surface area contributed by atoms with E-state index in [0.717, 1.165) is 5.56 Å². The highest BCUT2D eigenvalue weighted by Crippen LogP contribution is 2.10. The van der Waals surface area contributed by atoms with Crippen LogP contribution in [-0.2, 0) is 0 Å². The fourth-order valence-corrected chi connectivity index (χ4v) is 1.42. The SMILES string of the molecule is C/C(=N/NC(=O)c1nonc1N)c1ccc(Cl)cc1. The van der Waals surface area contributed by atoms with Crippen molar-refractivity contribution in [3.8, 4) is 0 Å². The number of hydrazone groups is 1. The molecule has 0 saturated carbocycles. The summed E-state index contributed by atoms with van der Waals surface area (Å²) < 4.78 is 4.32. The average molecular weight is 280 g/mol. The van der Waals surface area contributed by atoms with Crippen molar-refractivity contribution in [2.24, 2.45) is 5.10 Å². The Kier molecular flexibility index (Phi) is 3.76. The molecule has 98 valence electrons. The molecule has 0 aliphatic carbocycles. The van der Waals surface area contributed by atoms with E-state index < -0.39 is 5.91 Å². The van der Waals surface area contributed by atoms with Crippen LogP contribution in [0.3, 0.4) is 0 Å². The monoisotopic (exact) mass is 279 g/mol. The Bertz CT molecular complexity index is 620. The molecule has 0 spiro atoms. The minimum absolute atomic E-state index is 0.0863. The molecule has 0 fully saturated rings. The summed E-state index contributed by atoms with van der Waals surface area (Å²) in [4.78, 5) is 11.6. The van der Waals surface area contributed by atoms with Gasteiger partial charge < -0.3 is 5.73 Å². The molecule has 1 aromatic heterocycles. The molecule has 1 heterocycles. The number of amides is 1. The number of carbonyl (C=O) groups is 1. The first-order valence-corrected chi connectivity index (χ1v) is 5.64. The Morgan fingerprint density at radius 2 is 2.05 bits per heavy atom. The summed E-state index contributed by atoms with van der Waals surface area (Å²) in [6.45, 7) is 1.74. The van der Waals surface area contributed by atoms with Gasteiger partial charge in [-0.25, -0.2) is 10.1 Å². The maximum atomic E-state index is 11.6. The highest BCUT2D eigenvalue weighted by Gasteiger charge is 2.15. The van der Waals surface area contributed by atoms with Crippen LogP contribution in [0, 0.1) is 0 Å². The Morgan fingerprint density at radius 1 is 1.37 bits per heavy atom. The molecule has 1 amide bonds. The van der Waals surface area contributed by atoms with E-state index in [4.69, 9.17) is 17.3 Å². The fourth-order valence-electron chi connectivity index (χ4n) is 1.30. The van der Waals surface area contributed by atoms with Gasteiger partial charge in [0.25, 0.3) is 5.91 Å². The van der Waals surface area contributed by atoms with Crippen molar-refractivity contribution < 1.29 is 9.42 Å². The van der Waals surface area contributed by atoms with Crippen molar-refractivity contribution in [3.05, 3.63) is 40.5 Å². The van der Waals surface area contributed by atoms with Crippen molar-refractivity contribution in [2.45, 2.75) is 6.92 Å². The van der Waals surface area contributed by atoms with Gasteiger partial charge in [-0.05, 0) is 34.9 Å². The molecule has 0 aliphatic heterocycles. The van der Waals surface area contributed by atoms with E-state index in [0.29, 0.717) is 10.7 Å². The molecule has 0 saturated heterocycles. The van der Waals surface area contributed by atoms with Gasteiger partial charge in [0, 0.05) is 5.02 Å². The maximum absolute atomic E-state index is 11.6. The molecule has 7 nitrogen and oxygen atoms in total. The predicted molar refractivity (Wildman–Crippen MR) is 69.8 cm³/mol. The van der Waals surface area contributed by atoms with Gasteiger partial charge >= 0.3 is 0 Å². The molecular weight excluding hydrogens is 270 g/mol. The lowest BCUT2D eigenvalue weighted by Crippen LogP contribution is -2.20. The second kappa shape index (κ2) is 5.49. The molecule has 0 radical (unpaired) electrons. The number of benzene rings is 1. The lowest BCUT2D eigenvalue weighted by Gasteiger charge is -2.01. The van der Waals surface area contributed by atoms with E-state index in [9.17, 15) is 4.79 Å². The van der Waals surface area contributed by atoms with Gasteiger partial charge in [-0.2, -0.15) is 5.10 Å². The molecule has 2 rings (SSSR count). The number of nitrogens with one attached hydrogen (secondary N) is 1. The third-order valence-electron chi connectivity index (χ3n) is 2.32. The van der Waals surface area contributed by atoms with Crippen LogP contribution in [0.4, 0.5) is 5.82 Å². The second-order valence-electron chi connectivity index (χ2n) is 3.64. The van der Waals surface area contributed by atoms with Crippen molar-refractivity contribution in [2.75, 3.05) is 5.73 Å². The van der Waals surface area contributed by atoms with Crippen LogP contribution >= 0.6 is 11.6 Å². The highest BCUT2D eigenvalue weighted by molar-refractivity contribution is 6.30. The fraction of sp³-hybridized carbons (Fsp3) is 0.0909. The summed E-state index contributed by atoms with van der Waals surface area (Å²) in [6.07, 6.45) is 0. The molecule has 8 heteroatoms. The van der Waals surface area contributed by atoms with E-state index in [2.05, 4.69) is 25.5 Å². The number of nitrogens with zero attached hydrogens (tertiary/aromatic N) is 3. The molecule has 19 heavy (non-hydrogen) atoms. The number of nitrogens with two attached hydrogens (primary N) is 1. The van der Waals surface area contributed by atoms with Gasteiger partial charge in [0.1, 0.15) is 0 Å². The van der Waals surface area contributed by atoms with Crippen LogP contribution in [-0.4, -0.2) is 21.9 Å². The Hall–Kier alpha value is -2.41. The number of halogens is 1. The molecular formula is C11H10ClN5O2. The summed E-state index contributed by atoms with van der Waals surface area (Å²) in [5, 5.41) is 11.2. The Balaban J connectivity index is 2.08. The van der Waals surface area contributed by atoms with Crippen LogP contribution < -0.4 is 11.2 Å². The summed E-state index contributed by atoms with van der Waals surface area (Å²) in [5.74, 6) is -0.677. The molecule has 0 atom stereocenters. The average Bonchev–Trinajstić information content (AvgIpc) is 2.83. The number of anilines is 1. The summed E-state index contributed by atoms with van der Waals surface area (Å²) in [7, 11) is 0. The minimum Gasteiger partial charge on any atom is -0.379 e. The van der Waals surface area contributed by atoms with Crippen molar-refractivity contribution >= 4 is 29.0 Å². The molecule has 1 aromatic carbocycles. The first-order chi connectivity index (χ1) is 9.08. The number of hydrogen-bond acceptors (Lipinski definition) is 6. The lowest BCUT2D eigenvalue weighted by molar-refractivity contribution is 0.0945. The van der Waals surface area contributed by atoms with E-state index >= 15 is 0 Å². The predicted octanol–water partition coefficient (Wildman–Crippen LogP) is 1.46. The molecule has 2 aromatic rings. The van der Waals surface area contributed by atoms with Crippen LogP contribution in [0.25, 0.3) is 0 Å². The van der Waals surface area contributed by atoms with Crippen LogP contribution in [0.1, 0.15) is 23.0 Å². The van der Waals surface area contributed by atoms with Gasteiger partial charge in [-0.1, -0.05) is 23.7 Å². The van der Waals surface area contributed by atoms with Crippen molar-refractivity contribution in [1.29, 1.82) is 0 Å². The van der Waals surface area contributed by atoms with Gasteiger partial charge in [0.2, 0.25) is 11.5 Å². The Labute approximate surface area is 113 Å². The van der Waals surface area contributed by atoms with Crippen LogP contribution in [0.15, 0.2) is 34.0 Å². The van der Waals surface area contributed by atoms with Crippen molar-refractivity contribution in [3.63, 3.8) is 0 Å². The van der Waals surface area contributed by atoms with Crippen LogP contribution in [0.5, 0.6) is 0 Å². The smallest absolute Gasteiger partial charge is 0.297 e. The van der Waals surface area contributed by atoms with E-state index in [1.54, 1.807) is 31.2 Å². The third-order valence-corrected chi connectivity index (χ3v) is 2.57. The van der Waals surface area contributed by atoms with E-state index in [1.165, 1.54) is 0 Å². The normalized spacial score (nSPS) is 11.4. The zero-order valence-electron chi connectivity index (χ0n) is 9.92. The van der Waals surface area contributed by atoms with Crippen molar-refractivity contribution in [1.82, 2.24) is 15.7 Å². The summed E-state index contributed by atoms with van der Waals surface area (Å²) in [6, 6.07) is 7.05. The Morgan fingerprint density at radius 3 is 2.63 bits per heavy atom. The standard InChI is InChI=1S/C11H10ClN5O2/c1-6(7-2-4-8(12)5-3-7)14-15-11(18)9-10(13)17-19-16-9/h2-5H,1H3,(H2,13,17)(H,15,18)/b14-6-. The number of nitrogen functional groups attached to an aromatic ring is 1. The van der Waals surface area contributed by atoms with Gasteiger partial charge in [-0.15, -0.1) is 0 Å². The molecule has 0 bridgehead atoms. The van der Waals surface area contributed by atoms with Gasteiger partial charge in [0.05, 0.1) is 5.71 Å². The van der Waals surface area contributed by atoms with Gasteiger partial charge in [0.15, 0.2) is 0 Å². The number of carbonyl (C=O) groups excluding carboxylic acids is 1. The zero-order chi connectivity index (χ0) is 13.8. The van der Waals surface area contributed by atoms with E-state index in [-0.39, 0.29) is 11.5 Å².